The number of ether oxygens (including phenoxy) is 2. The smallest absolute Gasteiger partial charge is 0.411 e. The molecule has 1 amide bonds. The topological polar surface area (TPSA) is 90.9 Å². The minimum absolute atomic E-state index is 0.0809. The van der Waals surface area contributed by atoms with Crippen LogP contribution in [-0.2, 0) is 19.6 Å². The summed E-state index contributed by atoms with van der Waals surface area (Å²) in [7, 11) is -0.941. The Morgan fingerprint density at radius 2 is 2.04 bits per heavy atom. The molecule has 1 aromatic carbocycles. The quantitative estimate of drug-likeness (QED) is 0.765. The van der Waals surface area contributed by atoms with E-state index in [0.717, 1.165) is 19.3 Å². The summed E-state index contributed by atoms with van der Waals surface area (Å²) in [4.78, 5) is 11.2. The summed E-state index contributed by atoms with van der Waals surface area (Å²) < 4.78 is 39.4. The van der Waals surface area contributed by atoms with Gasteiger partial charge in [-0.05, 0) is 25.0 Å². The number of nitrogens with one attached hydrogen (secondary N) is 1. The molecule has 128 valence electrons. The van der Waals surface area contributed by atoms with Gasteiger partial charge in [0, 0.05) is 24.3 Å². The van der Waals surface area contributed by atoms with Crippen LogP contribution in [0.3, 0.4) is 0 Å². The van der Waals surface area contributed by atoms with Gasteiger partial charge in [0.15, 0.2) is 0 Å². The molecule has 1 N–H and O–H groups in total. The lowest BCUT2D eigenvalue weighted by atomic mass is 9.71. The SMILES string of the molecule is COCC1(CS(=O)(=O)Oc2cccc(NC(=O)OC)c2)CCC1. The van der Waals surface area contributed by atoms with Crippen LogP contribution in [0.1, 0.15) is 19.3 Å². The minimum Gasteiger partial charge on any atom is -0.453 e. The fourth-order valence-corrected chi connectivity index (χ4v) is 4.24. The third kappa shape index (κ3) is 4.84. The lowest BCUT2D eigenvalue weighted by Crippen LogP contribution is -2.41. The molecule has 0 unspecified atom stereocenters. The molecule has 0 saturated heterocycles. The highest BCUT2D eigenvalue weighted by Crippen LogP contribution is 2.42. The molecule has 1 aromatic rings. The maximum atomic E-state index is 12.3. The Labute approximate surface area is 136 Å². The van der Waals surface area contributed by atoms with E-state index in [0.29, 0.717) is 12.3 Å². The van der Waals surface area contributed by atoms with Crippen molar-refractivity contribution >= 4 is 21.9 Å². The molecule has 0 radical (unpaired) electrons. The molecule has 0 atom stereocenters. The van der Waals surface area contributed by atoms with E-state index in [1.807, 2.05) is 0 Å². The number of anilines is 1. The van der Waals surface area contributed by atoms with Crippen LogP contribution in [0.4, 0.5) is 10.5 Å². The van der Waals surface area contributed by atoms with Crippen molar-refractivity contribution < 1.29 is 26.9 Å². The zero-order valence-corrected chi connectivity index (χ0v) is 14.0. The van der Waals surface area contributed by atoms with Crippen LogP contribution in [0.2, 0.25) is 0 Å². The standard InChI is InChI=1S/C15H21NO6S/c1-20-10-15(7-4-8-15)11-23(18,19)22-13-6-3-5-12(9-13)16-14(17)21-2/h3,5-6,9H,4,7-8,10-11H2,1-2H3,(H,16,17). The predicted octanol–water partition coefficient (Wildman–Crippen LogP) is 2.39. The molecule has 0 heterocycles. The molecule has 2 rings (SSSR count). The van der Waals surface area contributed by atoms with E-state index < -0.39 is 16.2 Å². The number of rotatable bonds is 7. The average Bonchev–Trinajstić information content (AvgIpc) is 2.44. The van der Waals surface area contributed by atoms with E-state index >= 15 is 0 Å². The van der Waals surface area contributed by atoms with Crippen LogP contribution in [0.25, 0.3) is 0 Å². The molecule has 23 heavy (non-hydrogen) atoms. The molecule has 1 aliphatic carbocycles. The van der Waals surface area contributed by atoms with Gasteiger partial charge in [0.1, 0.15) is 5.75 Å². The van der Waals surface area contributed by atoms with Gasteiger partial charge < -0.3 is 13.7 Å². The van der Waals surface area contributed by atoms with Crippen molar-refractivity contribution in [3.8, 4) is 5.75 Å². The largest absolute Gasteiger partial charge is 0.453 e. The molecule has 0 spiro atoms. The van der Waals surface area contributed by atoms with Gasteiger partial charge in [-0.3, -0.25) is 5.32 Å². The number of carbonyl (C=O) groups is 1. The summed E-state index contributed by atoms with van der Waals surface area (Å²) in [5.41, 5.74) is 0.0370. The third-order valence-corrected chi connectivity index (χ3v) is 5.25. The highest BCUT2D eigenvalue weighted by Gasteiger charge is 2.42. The van der Waals surface area contributed by atoms with Crippen LogP contribution in [0, 0.1) is 5.41 Å². The van der Waals surface area contributed by atoms with E-state index in [-0.39, 0.29) is 16.9 Å². The molecular weight excluding hydrogens is 322 g/mol. The zero-order chi connectivity index (χ0) is 16.9. The van der Waals surface area contributed by atoms with Gasteiger partial charge in [0.25, 0.3) is 0 Å². The van der Waals surface area contributed by atoms with Gasteiger partial charge >= 0.3 is 16.2 Å². The minimum atomic E-state index is -3.75. The zero-order valence-electron chi connectivity index (χ0n) is 13.2. The van der Waals surface area contributed by atoms with Gasteiger partial charge in [-0.2, -0.15) is 8.42 Å². The Morgan fingerprint density at radius 3 is 2.61 bits per heavy atom. The summed E-state index contributed by atoms with van der Waals surface area (Å²) in [5, 5.41) is 2.45. The summed E-state index contributed by atoms with van der Waals surface area (Å²) in [6.07, 6.45) is 1.98. The van der Waals surface area contributed by atoms with E-state index in [1.165, 1.54) is 19.2 Å². The first-order valence-electron chi connectivity index (χ1n) is 7.24. The summed E-state index contributed by atoms with van der Waals surface area (Å²) in [6.45, 7) is 0.402. The van der Waals surface area contributed by atoms with Crippen LogP contribution < -0.4 is 9.50 Å². The van der Waals surface area contributed by atoms with Gasteiger partial charge in [0.2, 0.25) is 0 Å². The highest BCUT2D eigenvalue weighted by atomic mass is 32.2. The highest BCUT2D eigenvalue weighted by molar-refractivity contribution is 7.87. The molecule has 7 nitrogen and oxygen atoms in total. The second-order valence-corrected chi connectivity index (χ2v) is 7.29. The molecule has 1 saturated carbocycles. The van der Waals surface area contributed by atoms with Crippen molar-refractivity contribution in [3.05, 3.63) is 24.3 Å². The number of hydrogen-bond acceptors (Lipinski definition) is 6. The van der Waals surface area contributed by atoms with Crippen LogP contribution in [0.15, 0.2) is 24.3 Å². The number of amides is 1. The number of hydrogen-bond donors (Lipinski definition) is 1. The second kappa shape index (κ2) is 7.18. The van der Waals surface area contributed by atoms with Gasteiger partial charge in [-0.15, -0.1) is 0 Å². The maximum Gasteiger partial charge on any atom is 0.411 e. The van der Waals surface area contributed by atoms with Crippen LogP contribution >= 0.6 is 0 Å². The molecule has 0 aromatic heterocycles. The molecule has 0 aliphatic heterocycles. The van der Waals surface area contributed by atoms with Crippen molar-refractivity contribution in [2.45, 2.75) is 19.3 Å². The summed E-state index contributed by atoms with van der Waals surface area (Å²) >= 11 is 0. The first kappa shape index (κ1) is 17.6. The van der Waals surface area contributed by atoms with Crippen molar-refractivity contribution in [1.29, 1.82) is 0 Å². The van der Waals surface area contributed by atoms with Gasteiger partial charge in [-0.25, -0.2) is 4.79 Å². The van der Waals surface area contributed by atoms with Gasteiger partial charge in [-0.1, -0.05) is 12.5 Å². The number of benzene rings is 1. The van der Waals surface area contributed by atoms with Crippen molar-refractivity contribution in [2.75, 3.05) is 31.9 Å². The predicted molar refractivity (Wildman–Crippen MR) is 85.0 cm³/mol. The van der Waals surface area contributed by atoms with E-state index in [1.54, 1.807) is 19.2 Å². The summed E-state index contributed by atoms with van der Waals surface area (Å²) in [6, 6.07) is 6.14. The second-order valence-electron chi connectivity index (χ2n) is 5.72. The van der Waals surface area contributed by atoms with E-state index in [9.17, 15) is 13.2 Å². The number of methoxy groups -OCH3 is 2. The van der Waals surface area contributed by atoms with Gasteiger partial charge in [0.05, 0.1) is 19.5 Å². The van der Waals surface area contributed by atoms with Crippen molar-refractivity contribution in [2.24, 2.45) is 5.41 Å². The molecule has 1 fully saturated rings. The lowest BCUT2D eigenvalue weighted by Gasteiger charge is -2.40. The molecule has 0 bridgehead atoms. The Bertz CT molecular complexity index is 654. The average molecular weight is 343 g/mol. The first-order valence-corrected chi connectivity index (χ1v) is 8.82. The van der Waals surface area contributed by atoms with Crippen molar-refractivity contribution in [1.82, 2.24) is 0 Å². The molecule has 8 heteroatoms. The van der Waals surface area contributed by atoms with Crippen LogP contribution in [0.5, 0.6) is 5.75 Å². The Morgan fingerprint density at radius 1 is 1.30 bits per heavy atom. The fraction of sp³-hybridized carbons (Fsp3) is 0.533. The normalized spacial score (nSPS) is 16.3. The van der Waals surface area contributed by atoms with Crippen LogP contribution in [-0.4, -0.2) is 41.1 Å². The monoisotopic (exact) mass is 343 g/mol. The summed E-state index contributed by atoms with van der Waals surface area (Å²) in [5.74, 6) is 0.0634. The fourth-order valence-electron chi connectivity index (χ4n) is 2.66. The van der Waals surface area contributed by atoms with Crippen molar-refractivity contribution in [3.63, 3.8) is 0 Å². The third-order valence-electron chi connectivity index (χ3n) is 3.84. The molecular formula is C15H21NO6S. The van der Waals surface area contributed by atoms with E-state index in [4.69, 9.17) is 8.92 Å². The Hall–Kier alpha value is -1.80. The lowest BCUT2D eigenvalue weighted by molar-refractivity contribution is 0.0348. The Balaban J connectivity index is 2.05. The molecule has 1 aliphatic rings. The van der Waals surface area contributed by atoms with E-state index in [2.05, 4.69) is 10.1 Å². The Kier molecular flexibility index (Phi) is 5.48. The first-order chi connectivity index (χ1) is 10.9. The maximum absolute atomic E-state index is 12.3. The number of carbonyl (C=O) groups excluding carboxylic acids is 1.